The molecule has 4 nitrogen and oxygen atoms in total. The maximum absolute atomic E-state index is 12.3. The number of benzene rings is 1. The molecule has 1 aromatic carbocycles. The van der Waals surface area contributed by atoms with E-state index >= 15 is 0 Å². The van der Waals surface area contributed by atoms with Crippen LogP contribution in [-0.4, -0.2) is 31.8 Å². The van der Waals surface area contributed by atoms with Crippen molar-refractivity contribution < 1.29 is 13.2 Å². The van der Waals surface area contributed by atoms with E-state index in [9.17, 15) is 13.2 Å². The zero-order chi connectivity index (χ0) is 14.6. The number of halogens is 1. The van der Waals surface area contributed by atoms with Crippen LogP contribution in [0.15, 0.2) is 29.2 Å². The maximum atomic E-state index is 12.3. The first-order valence-corrected chi connectivity index (χ1v) is 8.47. The molecule has 0 saturated heterocycles. The van der Waals surface area contributed by atoms with Gasteiger partial charge in [0.2, 0.25) is 0 Å². The van der Waals surface area contributed by atoms with Gasteiger partial charge in [-0.3, -0.25) is 4.79 Å². The molecule has 0 aliphatic rings. The molecule has 106 valence electrons. The Hall–Kier alpha value is -1.07. The quantitative estimate of drug-likeness (QED) is 0.786. The molecule has 0 spiro atoms. The van der Waals surface area contributed by atoms with Gasteiger partial charge in [0.25, 0.3) is 15.0 Å². The van der Waals surface area contributed by atoms with E-state index in [4.69, 9.17) is 10.7 Å². The van der Waals surface area contributed by atoms with Crippen LogP contribution in [0.25, 0.3) is 0 Å². The average molecular weight is 304 g/mol. The summed E-state index contributed by atoms with van der Waals surface area (Å²) in [5.74, 6) is -0.102. The molecule has 0 aromatic heterocycles. The lowest BCUT2D eigenvalue weighted by molar-refractivity contribution is 0.0700. The second kappa shape index (κ2) is 6.39. The Morgan fingerprint density at radius 2 is 1.79 bits per heavy atom. The van der Waals surface area contributed by atoms with Gasteiger partial charge in [-0.05, 0) is 44.5 Å². The van der Waals surface area contributed by atoms with Crippen molar-refractivity contribution in [1.29, 1.82) is 0 Å². The van der Waals surface area contributed by atoms with E-state index < -0.39 is 9.05 Å². The average Bonchev–Trinajstić information content (AvgIpc) is 2.38. The van der Waals surface area contributed by atoms with E-state index in [-0.39, 0.29) is 16.8 Å². The van der Waals surface area contributed by atoms with Gasteiger partial charge in [-0.1, -0.05) is 6.92 Å². The van der Waals surface area contributed by atoms with Gasteiger partial charge < -0.3 is 4.90 Å². The van der Waals surface area contributed by atoms with E-state index in [1.807, 2.05) is 20.8 Å². The summed E-state index contributed by atoms with van der Waals surface area (Å²) in [4.78, 5) is 14.0. The highest BCUT2D eigenvalue weighted by Gasteiger charge is 2.19. The second-order valence-electron chi connectivity index (χ2n) is 4.31. The van der Waals surface area contributed by atoms with Gasteiger partial charge >= 0.3 is 0 Å². The number of carbonyl (C=O) groups is 1. The molecule has 0 radical (unpaired) electrons. The number of hydrogen-bond acceptors (Lipinski definition) is 3. The Morgan fingerprint density at radius 3 is 2.16 bits per heavy atom. The monoisotopic (exact) mass is 303 g/mol. The number of carbonyl (C=O) groups excluding carboxylic acids is 1. The lowest BCUT2D eigenvalue weighted by Crippen LogP contribution is -2.38. The van der Waals surface area contributed by atoms with Crippen molar-refractivity contribution in [2.75, 3.05) is 6.54 Å². The van der Waals surface area contributed by atoms with Crippen LogP contribution < -0.4 is 0 Å². The Balaban J connectivity index is 3.01. The van der Waals surface area contributed by atoms with E-state index in [1.165, 1.54) is 24.3 Å². The van der Waals surface area contributed by atoms with E-state index in [1.54, 1.807) is 4.90 Å². The summed E-state index contributed by atoms with van der Waals surface area (Å²) >= 11 is 0. The van der Waals surface area contributed by atoms with Crippen molar-refractivity contribution in [3.05, 3.63) is 29.8 Å². The summed E-state index contributed by atoms with van der Waals surface area (Å²) < 4.78 is 22.3. The van der Waals surface area contributed by atoms with Gasteiger partial charge in [-0.25, -0.2) is 8.42 Å². The van der Waals surface area contributed by atoms with E-state index in [0.717, 1.165) is 6.42 Å². The zero-order valence-corrected chi connectivity index (χ0v) is 12.8. The van der Waals surface area contributed by atoms with Crippen molar-refractivity contribution in [2.45, 2.75) is 38.1 Å². The van der Waals surface area contributed by atoms with Gasteiger partial charge in [0, 0.05) is 28.8 Å². The summed E-state index contributed by atoms with van der Waals surface area (Å²) in [7, 11) is 1.49. The first-order chi connectivity index (χ1) is 8.81. The van der Waals surface area contributed by atoms with E-state index in [0.29, 0.717) is 12.1 Å². The van der Waals surface area contributed by atoms with Crippen LogP contribution in [0.4, 0.5) is 0 Å². The van der Waals surface area contributed by atoms with Crippen LogP contribution >= 0.6 is 10.7 Å². The first kappa shape index (κ1) is 16.0. The molecule has 0 heterocycles. The topological polar surface area (TPSA) is 54.5 Å². The highest BCUT2D eigenvalue weighted by molar-refractivity contribution is 8.13. The standard InChI is InChI=1S/C13H18ClNO3S/c1-4-10(3)15(5-2)13(16)11-6-8-12(9-7-11)19(14,17)18/h6-10H,4-5H2,1-3H3. The van der Waals surface area contributed by atoms with Crippen LogP contribution in [0.3, 0.4) is 0 Å². The second-order valence-corrected chi connectivity index (χ2v) is 6.88. The molecule has 6 heteroatoms. The number of rotatable bonds is 5. The van der Waals surface area contributed by atoms with Gasteiger partial charge in [-0.2, -0.15) is 0 Å². The highest BCUT2D eigenvalue weighted by atomic mass is 35.7. The minimum atomic E-state index is -3.74. The van der Waals surface area contributed by atoms with Crippen molar-refractivity contribution in [3.63, 3.8) is 0 Å². The van der Waals surface area contributed by atoms with Crippen LogP contribution in [-0.2, 0) is 9.05 Å². The predicted octanol–water partition coefficient (Wildman–Crippen LogP) is 2.87. The fraction of sp³-hybridized carbons (Fsp3) is 0.462. The fourth-order valence-corrected chi connectivity index (χ4v) is 2.57. The van der Waals surface area contributed by atoms with Gasteiger partial charge in [0.05, 0.1) is 4.90 Å². The highest BCUT2D eigenvalue weighted by Crippen LogP contribution is 2.17. The SMILES string of the molecule is CCC(C)N(CC)C(=O)c1ccc(S(=O)(=O)Cl)cc1. The van der Waals surface area contributed by atoms with Crippen LogP contribution in [0, 0.1) is 0 Å². The van der Waals surface area contributed by atoms with Crippen LogP contribution in [0.5, 0.6) is 0 Å². The molecule has 1 unspecified atom stereocenters. The molecule has 1 amide bonds. The molecular weight excluding hydrogens is 286 g/mol. The Morgan fingerprint density at radius 1 is 1.26 bits per heavy atom. The minimum Gasteiger partial charge on any atom is -0.336 e. The Kier molecular flexibility index (Phi) is 5.38. The summed E-state index contributed by atoms with van der Waals surface area (Å²) in [6.45, 7) is 6.54. The Labute approximate surface area is 118 Å². The third-order valence-corrected chi connectivity index (χ3v) is 4.48. The fourth-order valence-electron chi connectivity index (χ4n) is 1.80. The lowest BCUT2D eigenvalue weighted by Gasteiger charge is -2.27. The summed E-state index contributed by atoms with van der Waals surface area (Å²) in [6, 6.07) is 5.82. The summed E-state index contributed by atoms with van der Waals surface area (Å²) in [5, 5.41) is 0. The number of amides is 1. The normalized spacial score (nSPS) is 13.1. The third kappa shape index (κ3) is 3.94. The predicted molar refractivity (Wildman–Crippen MR) is 75.9 cm³/mol. The van der Waals surface area contributed by atoms with Crippen molar-refractivity contribution in [2.24, 2.45) is 0 Å². The Bertz CT molecular complexity index is 540. The molecular formula is C13H18ClNO3S. The summed E-state index contributed by atoms with van der Waals surface area (Å²) in [6.07, 6.45) is 0.869. The molecule has 1 atom stereocenters. The van der Waals surface area contributed by atoms with Gasteiger partial charge in [0.15, 0.2) is 0 Å². The zero-order valence-electron chi connectivity index (χ0n) is 11.3. The smallest absolute Gasteiger partial charge is 0.261 e. The summed E-state index contributed by atoms with van der Waals surface area (Å²) in [5.41, 5.74) is 0.464. The van der Waals surface area contributed by atoms with Crippen molar-refractivity contribution in [3.8, 4) is 0 Å². The molecule has 0 aliphatic heterocycles. The number of hydrogen-bond donors (Lipinski definition) is 0. The molecule has 0 aliphatic carbocycles. The van der Waals surface area contributed by atoms with Crippen LogP contribution in [0.2, 0.25) is 0 Å². The molecule has 1 aromatic rings. The molecule has 0 N–H and O–H groups in total. The largest absolute Gasteiger partial charge is 0.336 e. The van der Waals surface area contributed by atoms with Crippen LogP contribution in [0.1, 0.15) is 37.6 Å². The minimum absolute atomic E-state index is 0.00250. The van der Waals surface area contributed by atoms with E-state index in [2.05, 4.69) is 0 Å². The van der Waals surface area contributed by atoms with Gasteiger partial charge in [-0.15, -0.1) is 0 Å². The first-order valence-electron chi connectivity index (χ1n) is 6.17. The van der Waals surface area contributed by atoms with Crippen molar-refractivity contribution >= 4 is 25.6 Å². The molecule has 1 rings (SSSR count). The lowest BCUT2D eigenvalue weighted by atomic mass is 10.1. The molecule has 19 heavy (non-hydrogen) atoms. The third-order valence-electron chi connectivity index (χ3n) is 3.11. The molecule has 0 saturated carbocycles. The van der Waals surface area contributed by atoms with Crippen molar-refractivity contribution in [1.82, 2.24) is 4.90 Å². The maximum Gasteiger partial charge on any atom is 0.261 e. The van der Waals surface area contributed by atoms with Gasteiger partial charge in [0.1, 0.15) is 0 Å². The molecule has 0 bridgehead atoms. The molecule has 0 fully saturated rings. The number of nitrogens with zero attached hydrogens (tertiary/aromatic N) is 1.